The predicted molar refractivity (Wildman–Crippen MR) is 61.2 cm³/mol. The Balaban J connectivity index is 4.02. The van der Waals surface area contributed by atoms with E-state index in [0.29, 0.717) is 0 Å². The molecule has 0 atom stereocenters. The number of hydrogen-bond acceptors (Lipinski definition) is 4. The third-order valence-corrected chi connectivity index (χ3v) is 3.37. The molecule has 4 N–H and O–H groups in total. The number of sulfonamides is 1. The Bertz CT molecular complexity index is 609. The lowest BCUT2D eigenvalue weighted by atomic mass is 10.00. The minimum Gasteiger partial charge on any atom is -0.478 e. The maximum absolute atomic E-state index is 11.4. The van der Waals surface area contributed by atoms with Crippen LogP contribution in [0.15, 0.2) is 11.0 Å². The van der Waals surface area contributed by atoms with Crippen LogP contribution in [0.5, 0.6) is 0 Å². The lowest BCUT2D eigenvalue weighted by Gasteiger charge is -2.13. The molecule has 0 aliphatic carbocycles. The van der Waals surface area contributed by atoms with Crippen molar-refractivity contribution in [1.29, 1.82) is 0 Å². The summed E-state index contributed by atoms with van der Waals surface area (Å²) >= 11 is 0. The molecule has 0 amide bonds. The number of aryl methyl sites for hydroxylation is 2. The second kappa shape index (κ2) is 4.39. The van der Waals surface area contributed by atoms with E-state index in [2.05, 4.69) is 0 Å². The second-order valence-corrected chi connectivity index (χ2v) is 5.24. The van der Waals surface area contributed by atoms with Crippen molar-refractivity contribution < 1.29 is 28.2 Å². The van der Waals surface area contributed by atoms with Crippen molar-refractivity contribution in [2.45, 2.75) is 18.7 Å². The van der Waals surface area contributed by atoms with Crippen LogP contribution in [0.1, 0.15) is 31.8 Å². The van der Waals surface area contributed by atoms with Gasteiger partial charge in [-0.05, 0) is 25.0 Å². The van der Waals surface area contributed by atoms with E-state index in [1.54, 1.807) is 0 Å². The summed E-state index contributed by atoms with van der Waals surface area (Å²) in [7, 11) is -4.46. The number of benzene rings is 1. The fourth-order valence-electron chi connectivity index (χ4n) is 1.77. The molecule has 0 radical (unpaired) electrons. The average Bonchev–Trinajstić information content (AvgIpc) is 2.13. The van der Waals surface area contributed by atoms with Gasteiger partial charge in [-0.1, -0.05) is 6.07 Å². The van der Waals surface area contributed by atoms with Gasteiger partial charge in [-0.15, -0.1) is 0 Å². The predicted octanol–water partition coefficient (Wildman–Crippen LogP) is 0.347. The molecule has 0 aliphatic heterocycles. The molecule has 98 valence electrons. The van der Waals surface area contributed by atoms with Crippen molar-refractivity contribution in [3.8, 4) is 0 Å². The monoisotopic (exact) mass is 273 g/mol. The maximum Gasteiger partial charge on any atom is 0.337 e. The normalized spacial score (nSPS) is 11.3. The number of aromatic carboxylic acids is 2. The van der Waals surface area contributed by atoms with Crippen LogP contribution in [-0.2, 0) is 10.0 Å². The van der Waals surface area contributed by atoms with Crippen molar-refractivity contribution >= 4 is 22.0 Å². The third-order valence-electron chi connectivity index (χ3n) is 2.39. The van der Waals surface area contributed by atoms with Gasteiger partial charge >= 0.3 is 11.9 Å². The highest BCUT2D eigenvalue weighted by Crippen LogP contribution is 2.26. The van der Waals surface area contributed by atoms with Crippen molar-refractivity contribution in [1.82, 2.24) is 0 Å². The van der Waals surface area contributed by atoms with E-state index < -0.39 is 38.0 Å². The van der Waals surface area contributed by atoms with Gasteiger partial charge in [0.1, 0.15) is 4.90 Å². The zero-order valence-electron chi connectivity index (χ0n) is 9.59. The maximum atomic E-state index is 11.4. The molecule has 1 rings (SSSR count). The van der Waals surface area contributed by atoms with Crippen molar-refractivity contribution in [3.63, 3.8) is 0 Å². The van der Waals surface area contributed by atoms with Crippen LogP contribution in [0.3, 0.4) is 0 Å². The van der Waals surface area contributed by atoms with Crippen LogP contribution in [0.25, 0.3) is 0 Å². The Hall–Kier alpha value is -1.93. The largest absolute Gasteiger partial charge is 0.478 e. The fourth-order valence-corrected chi connectivity index (χ4v) is 2.83. The first-order valence-corrected chi connectivity index (χ1v) is 6.25. The minimum absolute atomic E-state index is 0.133. The van der Waals surface area contributed by atoms with E-state index in [1.807, 2.05) is 0 Å². The number of primary sulfonamides is 1. The molecule has 0 fully saturated rings. The number of nitrogens with two attached hydrogens (primary N) is 1. The SMILES string of the molecule is Cc1cc(C)c(C(=O)O)c(S(N)(=O)=O)c1C(=O)O. The van der Waals surface area contributed by atoms with Gasteiger partial charge in [0.2, 0.25) is 10.0 Å². The van der Waals surface area contributed by atoms with Gasteiger partial charge in [-0.3, -0.25) is 0 Å². The van der Waals surface area contributed by atoms with E-state index in [-0.39, 0.29) is 11.1 Å². The van der Waals surface area contributed by atoms with E-state index in [9.17, 15) is 18.0 Å². The first-order chi connectivity index (χ1) is 8.07. The smallest absolute Gasteiger partial charge is 0.337 e. The van der Waals surface area contributed by atoms with Gasteiger partial charge in [-0.2, -0.15) is 0 Å². The van der Waals surface area contributed by atoms with Gasteiger partial charge in [0, 0.05) is 0 Å². The quantitative estimate of drug-likeness (QED) is 0.727. The number of carbonyl (C=O) groups is 2. The molecule has 0 heterocycles. The zero-order chi connectivity index (χ0) is 14.2. The zero-order valence-corrected chi connectivity index (χ0v) is 10.4. The van der Waals surface area contributed by atoms with Gasteiger partial charge in [0.25, 0.3) is 0 Å². The summed E-state index contributed by atoms with van der Waals surface area (Å²) in [5, 5.41) is 22.9. The first-order valence-electron chi connectivity index (χ1n) is 4.71. The standard InChI is InChI=1S/C10H11NO6S/c1-4-3-5(2)7(10(14)15)8(18(11,16)17)6(4)9(12)13/h3H,1-2H3,(H,12,13)(H,14,15)(H2,11,16,17). The van der Waals surface area contributed by atoms with Crippen molar-refractivity contribution in [2.75, 3.05) is 0 Å². The van der Waals surface area contributed by atoms with Crippen molar-refractivity contribution in [3.05, 3.63) is 28.3 Å². The highest BCUT2D eigenvalue weighted by atomic mass is 32.2. The summed E-state index contributed by atoms with van der Waals surface area (Å²) < 4.78 is 22.9. The summed E-state index contributed by atoms with van der Waals surface area (Å²) in [6.07, 6.45) is 0. The minimum atomic E-state index is -4.46. The fraction of sp³-hybridized carbons (Fsp3) is 0.200. The summed E-state index contributed by atoms with van der Waals surface area (Å²) in [6.45, 7) is 2.74. The number of hydrogen-bond donors (Lipinski definition) is 3. The van der Waals surface area contributed by atoms with Crippen molar-refractivity contribution in [2.24, 2.45) is 5.14 Å². The molecular formula is C10H11NO6S. The summed E-state index contributed by atoms with van der Waals surface area (Å²) in [5.74, 6) is -3.09. The van der Waals surface area contributed by atoms with Crippen LogP contribution in [0.4, 0.5) is 0 Å². The number of carboxylic acid groups (broad SMARTS) is 2. The Labute approximate surface area is 103 Å². The molecule has 0 bridgehead atoms. The summed E-state index contributed by atoms with van der Waals surface area (Å²) in [5.41, 5.74) is -0.955. The highest BCUT2D eigenvalue weighted by molar-refractivity contribution is 7.89. The Kier molecular flexibility index (Phi) is 3.45. The molecule has 1 aromatic rings. The summed E-state index contributed by atoms with van der Waals surface area (Å²) in [6, 6.07) is 1.29. The van der Waals surface area contributed by atoms with E-state index in [0.717, 1.165) is 0 Å². The molecule has 7 nitrogen and oxygen atoms in total. The Morgan fingerprint density at radius 3 is 1.61 bits per heavy atom. The molecular weight excluding hydrogens is 262 g/mol. The molecule has 0 aliphatic rings. The molecule has 0 saturated heterocycles. The van der Waals surface area contributed by atoms with Crippen LogP contribution in [-0.4, -0.2) is 30.6 Å². The second-order valence-electron chi connectivity index (χ2n) is 3.74. The van der Waals surface area contributed by atoms with Gasteiger partial charge < -0.3 is 10.2 Å². The molecule has 18 heavy (non-hydrogen) atoms. The third kappa shape index (κ3) is 2.34. The van der Waals surface area contributed by atoms with E-state index in [4.69, 9.17) is 15.4 Å². The lowest BCUT2D eigenvalue weighted by molar-refractivity contribution is 0.0688. The molecule has 0 aromatic heterocycles. The van der Waals surface area contributed by atoms with Gasteiger partial charge in [0.05, 0.1) is 11.1 Å². The Morgan fingerprint density at radius 2 is 1.39 bits per heavy atom. The van der Waals surface area contributed by atoms with Gasteiger partial charge in [0.15, 0.2) is 0 Å². The lowest BCUT2D eigenvalue weighted by Crippen LogP contribution is -2.23. The van der Waals surface area contributed by atoms with E-state index >= 15 is 0 Å². The van der Waals surface area contributed by atoms with Crippen LogP contribution < -0.4 is 5.14 Å². The first kappa shape index (κ1) is 14.1. The van der Waals surface area contributed by atoms with Crippen LogP contribution >= 0.6 is 0 Å². The van der Waals surface area contributed by atoms with Crippen LogP contribution in [0, 0.1) is 13.8 Å². The van der Waals surface area contributed by atoms with Crippen LogP contribution in [0.2, 0.25) is 0 Å². The molecule has 8 heteroatoms. The Morgan fingerprint density at radius 1 is 1.06 bits per heavy atom. The molecule has 1 aromatic carbocycles. The molecule has 0 unspecified atom stereocenters. The average molecular weight is 273 g/mol. The number of carboxylic acids is 2. The molecule has 0 spiro atoms. The number of rotatable bonds is 3. The van der Waals surface area contributed by atoms with E-state index in [1.165, 1.54) is 19.9 Å². The van der Waals surface area contributed by atoms with Gasteiger partial charge in [-0.25, -0.2) is 23.1 Å². The topological polar surface area (TPSA) is 135 Å². The summed E-state index contributed by atoms with van der Waals surface area (Å²) in [4.78, 5) is 21.3. The molecule has 0 saturated carbocycles. The highest BCUT2D eigenvalue weighted by Gasteiger charge is 2.29.